The third-order valence-electron chi connectivity index (χ3n) is 3.85. The lowest BCUT2D eigenvalue weighted by molar-refractivity contribution is 0.587. The second-order valence-electron chi connectivity index (χ2n) is 6.79. The van der Waals surface area contributed by atoms with Gasteiger partial charge in [0.15, 0.2) is 0 Å². The fourth-order valence-electron chi connectivity index (χ4n) is 2.40. The number of nitrogens with one attached hydrogen (secondary N) is 1. The average Bonchev–Trinajstić information content (AvgIpc) is 3.09. The molecule has 0 fully saturated rings. The Morgan fingerprint density at radius 1 is 0.960 bits per heavy atom. The van der Waals surface area contributed by atoms with Crippen LogP contribution < -0.4 is 4.72 Å². The predicted octanol–water partition coefficient (Wildman–Crippen LogP) is 4.91. The van der Waals surface area contributed by atoms with Gasteiger partial charge in [0.1, 0.15) is 5.01 Å². The van der Waals surface area contributed by atoms with E-state index < -0.39 is 10.0 Å². The molecule has 1 N–H and O–H groups in total. The number of thiazole rings is 1. The average molecular weight is 373 g/mol. The summed E-state index contributed by atoms with van der Waals surface area (Å²) < 4.78 is 27.7. The number of aromatic nitrogens is 1. The molecule has 0 atom stereocenters. The minimum Gasteiger partial charge on any atom is -0.280 e. The summed E-state index contributed by atoms with van der Waals surface area (Å²) in [4.78, 5) is 4.50. The van der Waals surface area contributed by atoms with Gasteiger partial charge in [-0.05, 0) is 47.4 Å². The van der Waals surface area contributed by atoms with Gasteiger partial charge in [0.25, 0.3) is 10.0 Å². The number of hydrogen-bond donors (Lipinski definition) is 1. The lowest BCUT2D eigenvalue weighted by Crippen LogP contribution is -2.14. The van der Waals surface area contributed by atoms with Crippen molar-refractivity contribution in [3.63, 3.8) is 0 Å². The van der Waals surface area contributed by atoms with E-state index in [1.807, 2.05) is 29.6 Å². The minimum atomic E-state index is -3.61. The molecule has 0 saturated carbocycles. The Kier molecular flexibility index (Phi) is 4.67. The lowest BCUT2D eigenvalue weighted by Gasteiger charge is -2.19. The highest BCUT2D eigenvalue weighted by atomic mass is 32.2. The van der Waals surface area contributed by atoms with Gasteiger partial charge in [-0.3, -0.25) is 4.72 Å². The van der Waals surface area contributed by atoms with Crippen LogP contribution in [0.15, 0.2) is 65.0 Å². The zero-order chi connectivity index (χ0) is 18.1. The van der Waals surface area contributed by atoms with Crippen LogP contribution in [0.25, 0.3) is 10.6 Å². The van der Waals surface area contributed by atoms with E-state index in [-0.39, 0.29) is 10.3 Å². The molecule has 0 spiro atoms. The van der Waals surface area contributed by atoms with Crippen molar-refractivity contribution in [2.24, 2.45) is 0 Å². The summed E-state index contributed by atoms with van der Waals surface area (Å²) in [6.07, 6.45) is 1.75. The van der Waals surface area contributed by atoms with Crippen molar-refractivity contribution in [1.29, 1.82) is 0 Å². The predicted molar refractivity (Wildman–Crippen MR) is 104 cm³/mol. The van der Waals surface area contributed by atoms with Crippen LogP contribution in [0.1, 0.15) is 26.3 Å². The monoisotopic (exact) mass is 372 g/mol. The molecule has 0 amide bonds. The van der Waals surface area contributed by atoms with Gasteiger partial charge in [-0.2, -0.15) is 0 Å². The van der Waals surface area contributed by atoms with Crippen LogP contribution in [0.5, 0.6) is 0 Å². The van der Waals surface area contributed by atoms with Crippen LogP contribution in [-0.2, 0) is 15.4 Å². The summed E-state index contributed by atoms with van der Waals surface area (Å²) in [7, 11) is -3.61. The second kappa shape index (κ2) is 6.61. The highest BCUT2D eigenvalue weighted by molar-refractivity contribution is 7.92. The minimum absolute atomic E-state index is 0.0125. The molecule has 2 aromatic carbocycles. The standard InChI is InChI=1S/C19H20N2O2S2/c1-19(2,3)15-6-10-17(11-7-15)25(22,23)21-16-8-4-14(5-9-16)18-20-12-13-24-18/h4-13,21H,1-3H3. The van der Waals surface area contributed by atoms with Crippen molar-refractivity contribution in [3.05, 3.63) is 65.7 Å². The van der Waals surface area contributed by atoms with E-state index in [4.69, 9.17) is 0 Å². The molecule has 0 aliphatic heterocycles. The molecule has 0 radical (unpaired) electrons. The first-order valence-corrected chi connectivity index (χ1v) is 10.3. The van der Waals surface area contributed by atoms with E-state index in [1.54, 1.807) is 41.8 Å². The molecule has 0 bridgehead atoms. The van der Waals surface area contributed by atoms with Gasteiger partial charge in [0.05, 0.1) is 4.90 Å². The van der Waals surface area contributed by atoms with Gasteiger partial charge >= 0.3 is 0 Å². The lowest BCUT2D eigenvalue weighted by atomic mass is 9.87. The van der Waals surface area contributed by atoms with Gasteiger partial charge < -0.3 is 0 Å². The van der Waals surface area contributed by atoms with Crippen molar-refractivity contribution in [3.8, 4) is 10.6 Å². The molecule has 130 valence electrons. The summed E-state index contributed by atoms with van der Waals surface area (Å²) in [6, 6.07) is 14.2. The number of rotatable bonds is 4. The first-order valence-electron chi connectivity index (χ1n) is 7.89. The van der Waals surface area contributed by atoms with Gasteiger partial charge in [-0.15, -0.1) is 11.3 Å². The van der Waals surface area contributed by atoms with Crippen LogP contribution in [0, 0.1) is 0 Å². The van der Waals surface area contributed by atoms with E-state index in [2.05, 4.69) is 30.5 Å². The Morgan fingerprint density at radius 3 is 2.12 bits per heavy atom. The number of sulfonamides is 1. The molecule has 0 unspecified atom stereocenters. The maximum Gasteiger partial charge on any atom is 0.261 e. The molecule has 1 heterocycles. The quantitative estimate of drug-likeness (QED) is 0.708. The maximum atomic E-state index is 12.6. The Labute approximate surface area is 152 Å². The Hall–Kier alpha value is -2.18. The number of hydrogen-bond acceptors (Lipinski definition) is 4. The van der Waals surface area contributed by atoms with E-state index >= 15 is 0 Å². The summed E-state index contributed by atoms with van der Waals surface area (Å²) in [5, 5.41) is 2.82. The van der Waals surface area contributed by atoms with E-state index in [9.17, 15) is 8.42 Å². The summed E-state index contributed by atoms with van der Waals surface area (Å²) >= 11 is 1.55. The summed E-state index contributed by atoms with van der Waals surface area (Å²) in [5.41, 5.74) is 2.58. The fourth-order valence-corrected chi connectivity index (χ4v) is 4.10. The van der Waals surface area contributed by atoms with Gasteiger partial charge in [0.2, 0.25) is 0 Å². The van der Waals surface area contributed by atoms with E-state index in [1.165, 1.54) is 0 Å². The topological polar surface area (TPSA) is 59.1 Å². The van der Waals surface area contributed by atoms with Crippen LogP contribution in [0.2, 0.25) is 0 Å². The highest BCUT2D eigenvalue weighted by Gasteiger charge is 2.17. The third-order valence-corrected chi connectivity index (χ3v) is 6.07. The summed E-state index contributed by atoms with van der Waals surface area (Å²) in [6.45, 7) is 6.29. The van der Waals surface area contributed by atoms with Gasteiger partial charge in [-0.1, -0.05) is 32.9 Å². The first-order chi connectivity index (χ1) is 11.8. The van der Waals surface area contributed by atoms with Crippen LogP contribution >= 0.6 is 11.3 Å². The van der Waals surface area contributed by atoms with Crippen molar-refractivity contribution >= 4 is 27.0 Å². The van der Waals surface area contributed by atoms with Crippen LogP contribution in [-0.4, -0.2) is 13.4 Å². The molecule has 3 rings (SSSR count). The molecule has 0 aliphatic rings. The third kappa shape index (κ3) is 4.08. The van der Waals surface area contributed by atoms with Crippen molar-refractivity contribution < 1.29 is 8.42 Å². The molecule has 0 aliphatic carbocycles. The van der Waals surface area contributed by atoms with Crippen molar-refractivity contribution in [1.82, 2.24) is 4.98 Å². The van der Waals surface area contributed by atoms with E-state index in [0.717, 1.165) is 16.1 Å². The van der Waals surface area contributed by atoms with E-state index in [0.29, 0.717) is 5.69 Å². The maximum absolute atomic E-state index is 12.6. The number of benzene rings is 2. The largest absolute Gasteiger partial charge is 0.280 e. The fraction of sp³-hybridized carbons (Fsp3) is 0.211. The van der Waals surface area contributed by atoms with Gasteiger partial charge in [-0.25, -0.2) is 13.4 Å². The number of nitrogens with zero attached hydrogens (tertiary/aromatic N) is 1. The zero-order valence-corrected chi connectivity index (χ0v) is 16.0. The van der Waals surface area contributed by atoms with Crippen LogP contribution in [0.4, 0.5) is 5.69 Å². The van der Waals surface area contributed by atoms with Gasteiger partial charge in [0, 0.05) is 22.8 Å². The SMILES string of the molecule is CC(C)(C)c1ccc(S(=O)(=O)Nc2ccc(-c3nccs3)cc2)cc1. The molecular weight excluding hydrogens is 352 g/mol. The smallest absolute Gasteiger partial charge is 0.261 e. The normalized spacial score (nSPS) is 12.1. The molecular formula is C19H20N2O2S2. The number of anilines is 1. The molecule has 6 heteroatoms. The molecule has 25 heavy (non-hydrogen) atoms. The summed E-state index contributed by atoms with van der Waals surface area (Å²) in [5.74, 6) is 0. The van der Waals surface area contributed by atoms with Crippen molar-refractivity contribution in [2.75, 3.05) is 4.72 Å². The van der Waals surface area contributed by atoms with Crippen molar-refractivity contribution in [2.45, 2.75) is 31.1 Å². The Bertz CT molecular complexity index is 938. The molecule has 3 aromatic rings. The molecule has 4 nitrogen and oxygen atoms in total. The Balaban J connectivity index is 1.79. The first kappa shape index (κ1) is 17.6. The Morgan fingerprint density at radius 2 is 1.60 bits per heavy atom. The highest BCUT2D eigenvalue weighted by Crippen LogP contribution is 2.26. The zero-order valence-electron chi connectivity index (χ0n) is 14.4. The van der Waals surface area contributed by atoms with Crippen LogP contribution in [0.3, 0.4) is 0 Å². The second-order valence-corrected chi connectivity index (χ2v) is 9.37. The molecule has 0 saturated heterocycles. The molecule has 1 aromatic heterocycles.